The van der Waals surface area contributed by atoms with E-state index in [0.717, 1.165) is 0 Å². The first-order chi connectivity index (χ1) is 17.1. The van der Waals surface area contributed by atoms with Gasteiger partial charge in [-0.15, -0.1) is 0 Å². The van der Waals surface area contributed by atoms with Crippen molar-refractivity contribution in [2.75, 3.05) is 0 Å². The highest BCUT2D eigenvalue weighted by Gasteiger charge is 2.30. The molecule has 0 spiro atoms. The van der Waals surface area contributed by atoms with Crippen molar-refractivity contribution in [3.05, 3.63) is 164 Å². The van der Waals surface area contributed by atoms with E-state index >= 15 is 0 Å². The molecule has 4 aromatic rings. The van der Waals surface area contributed by atoms with Crippen LogP contribution in [0, 0.1) is 20.2 Å². The van der Waals surface area contributed by atoms with Gasteiger partial charge in [0.25, 0.3) is 0 Å². The summed E-state index contributed by atoms with van der Waals surface area (Å²) in [6.07, 6.45) is 0. The Morgan fingerprint density at radius 2 is 0.714 bits per heavy atom. The molecule has 172 valence electrons. The van der Waals surface area contributed by atoms with Crippen LogP contribution < -0.4 is 0 Å². The molecule has 0 aromatic heterocycles. The summed E-state index contributed by atoms with van der Waals surface area (Å²) >= 11 is 0. The van der Waals surface area contributed by atoms with Gasteiger partial charge >= 0.3 is 11.4 Å². The zero-order chi connectivity index (χ0) is 24.6. The van der Waals surface area contributed by atoms with Crippen LogP contribution in [-0.4, -0.2) is 9.85 Å². The molecule has 0 N–H and O–H groups in total. The van der Waals surface area contributed by atoms with E-state index in [9.17, 15) is 20.2 Å². The minimum atomic E-state index is -0.533. The first-order valence-corrected chi connectivity index (χ1v) is 10.7. The summed E-state index contributed by atoms with van der Waals surface area (Å²) in [6, 6.07) is 33.7. The number of ether oxygens (including phenoxy) is 1. The van der Waals surface area contributed by atoms with Crippen LogP contribution in [0.5, 0.6) is 0 Å². The molecule has 4 aromatic carbocycles. The van der Waals surface area contributed by atoms with Gasteiger partial charge < -0.3 is 4.74 Å². The summed E-state index contributed by atoms with van der Waals surface area (Å²) in [5.41, 5.74) is 0.832. The third kappa shape index (κ3) is 5.31. The van der Waals surface area contributed by atoms with Crippen molar-refractivity contribution < 1.29 is 14.6 Å². The predicted octanol–water partition coefficient (Wildman–Crippen LogP) is 6.61. The molecule has 0 saturated carbocycles. The van der Waals surface area contributed by atoms with Crippen LogP contribution in [0.2, 0.25) is 0 Å². The fraction of sp³-hybridized carbons (Fsp3) is 0. The van der Waals surface area contributed by atoms with E-state index in [4.69, 9.17) is 4.74 Å². The Hall–Kier alpha value is -5.04. The molecule has 0 aliphatic rings. The van der Waals surface area contributed by atoms with Crippen LogP contribution in [0.1, 0.15) is 22.3 Å². The van der Waals surface area contributed by atoms with Gasteiger partial charge in [0.2, 0.25) is 11.5 Å². The average molecular weight is 464 g/mol. The molecular weight excluding hydrogens is 444 g/mol. The summed E-state index contributed by atoms with van der Waals surface area (Å²) in [4.78, 5) is 23.6. The predicted molar refractivity (Wildman–Crippen MR) is 134 cm³/mol. The normalized spacial score (nSPS) is 12.2. The lowest BCUT2D eigenvalue weighted by Crippen LogP contribution is -2.09. The number of hydrogen-bond donors (Lipinski definition) is 0. The van der Waals surface area contributed by atoms with Crippen LogP contribution >= 0.6 is 0 Å². The lowest BCUT2D eigenvalue weighted by molar-refractivity contribution is -0.376. The standard InChI is InChI=1S/C28H20N2O5/c31-29(32)25(21-13-5-1-6-14-21)27(23-17-9-3-10-18-23)35-28(24-19-11-4-12-20-24)26(30(33)34)22-15-7-2-8-16-22/h1-20H. The van der Waals surface area contributed by atoms with Crippen LogP contribution in [-0.2, 0) is 4.74 Å². The maximum Gasteiger partial charge on any atom is 0.319 e. The second-order valence-electron chi connectivity index (χ2n) is 7.44. The van der Waals surface area contributed by atoms with Gasteiger partial charge in [-0.3, -0.25) is 20.2 Å². The van der Waals surface area contributed by atoms with Crippen molar-refractivity contribution in [3.8, 4) is 0 Å². The lowest BCUT2D eigenvalue weighted by atomic mass is 10.0. The molecule has 0 heterocycles. The van der Waals surface area contributed by atoms with Crippen molar-refractivity contribution in [1.82, 2.24) is 0 Å². The topological polar surface area (TPSA) is 95.5 Å². The maximum atomic E-state index is 12.3. The highest BCUT2D eigenvalue weighted by atomic mass is 16.6. The summed E-state index contributed by atoms with van der Waals surface area (Å²) in [5.74, 6) is -0.202. The molecule has 0 amide bonds. The van der Waals surface area contributed by atoms with Gasteiger partial charge in [-0.2, -0.15) is 0 Å². The van der Waals surface area contributed by atoms with Crippen LogP contribution in [0.15, 0.2) is 121 Å². The van der Waals surface area contributed by atoms with Gasteiger partial charge in [0, 0.05) is 11.1 Å². The Morgan fingerprint density at radius 3 is 0.971 bits per heavy atom. The second-order valence-corrected chi connectivity index (χ2v) is 7.44. The highest BCUT2D eigenvalue weighted by Crippen LogP contribution is 2.36. The Morgan fingerprint density at radius 1 is 0.457 bits per heavy atom. The van der Waals surface area contributed by atoms with E-state index in [1.807, 2.05) is 0 Å². The Bertz CT molecular complexity index is 1280. The molecule has 4 rings (SSSR count). The molecule has 0 bridgehead atoms. The third-order valence-electron chi connectivity index (χ3n) is 5.17. The highest BCUT2D eigenvalue weighted by molar-refractivity contribution is 5.90. The largest absolute Gasteiger partial charge is 0.442 e. The van der Waals surface area contributed by atoms with Crippen molar-refractivity contribution in [1.29, 1.82) is 0 Å². The Labute approximate surface area is 201 Å². The quantitative estimate of drug-likeness (QED) is 0.127. The van der Waals surface area contributed by atoms with E-state index < -0.39 is 9.85 Å². The average Bonchev–Trinajstić information content (AvgIpc) is 2.89. The number of hydrogen-bond acceptors (Lipinski definition) is 5. The maximum absolute atomic E-state index is 12.3. The van der Waals surface area contributed by atoms with Gasteiger partial charge in [-0.25, -0.2) is 0 Å². The monoisotopic (exact) mass is 464 g/mol. The molecule has 0 fully saturated rings. The zero-order valence-corrected chi connectivity index (χ0v) is 18.5. The fourth-order valence-corrected chi connectivity index (χ4v) is 3.60. The van der Waals surface area contributed by atoms with Crippen LogP contribution in [0.4, 0.5) is 0 Å². The third-order valence-corrected chi connectivity index (χ3v) is 5.17. The number of nitrogens with zero attached hydrogens (tertiary/aromatic N) is 2. The first-order valence-electron chi connectivity index (χ1n) is 10.7. The minimum Gasteiger partial charge on any atom is -0.442 e. The lowest BCUT2D eigenvalue weighted by Gasteiger charge is -2.15. The summed E-state index contributed by atoms with van der Waals surface area (Å²) in [5, 5.41) is 24.6. The fourth-order valence-electron chi connectivity index (χ4n) is 3.60. The van der Waals surface area contributed by atoms with E-state index in [1.165, 1.54) is 0 Å². The van der Waals surface area contributed by atoms with Crippen molar-refractivity contribution in [3.63, 3.8) is 0 Å². The summed E-state index contributed by atoms with van der Waals surface area (Å²) in [6.45, 7) is 0. The summed E-state index contributed by atoms with van der Waals surface area (Å²) in [7, 11) is 0. The first kappa shape index (κ1) is 23.1. The molecule has 0 aliphatic heterocycles. The van der Waals surface area contributed by atoms with E-state index in [0.29, 0.717) is 22.3 Å². The smallest absolute Gasteiger partial charge is 0.319 e. The molecule has 35 heavy (non-hydrogen) atoms. The van der Waals surface area contributed by atoms with Crippen molar-refractivity contribution in [2.24, 2.45) is 0 Å². The van der Waals surface area contributed by atoms with Crippen molar-refractivity contribution >= 4 is 22.9 Å². The van der Waals surface area contributed by atoms with Gasteiger partial charge in [0.15, 0.2) is 0 Å². The SMILES string of the molecule is O=[N+]([O-])C(=C(OC(=C(c1ccccc1)[N+](=O)[O-])c1ccccc1)c1ccccc1)c1ccccc1. The minimum absolute atomic E-state index is 0.101. The Balaban J connectivity index is 2.05. The van der Waals surface area contributed by atoms with Crippen molar-refractivity contribution in [2.45, 2.75) is 0 Å². The number of rotatable bonds is 8. The number of nitro groups is 2. The van der Waals surface area contributed by atoms with E-state index in [2.05, 4.69) is 0 Å². The molecule has 7 nitrogen and oxygen atoms in total. The molecular formula is C28H20N2O5. The number of benzene rings is 4. The van der Waals surface area contributed by atoms with Gasteiger partial charge in [-0.1, -0.05) is 97.1 Å². The van der Waals surface area contributed by atoms with E-state index in [1.54, 1.807) is 121 Å². The Kier molecular flexibility index (Phi) is 7.08. The van der Waals surface area contributed by atoms with Gasteiger partial charge in [0.05, 0.1) is 21.0 Å². The molecule has 0 atom stereocenters. The van der Waals surface area contributed by atoms with Gasteiger partial charge in [-0.05, 0) is 24.3 Å². The second kappa shape index (κ2) is 10.7. The van der Waals surface area contributed by atoms with E-state index in [-0.39, 0.29) is 22.9 Å². The summed E-state index contributed by atoms with van der Waals surface area (Å²) < 4.78 is 6.25. The molecule has 0 radical (unpaired) electrons. The van der Waals surface area contributed by atoms with Gasteiger partial charge in [0.1, 0.15) is 0 Å². The van der Waals surface area contributed by atoms with Crippen LogP contribution in [0.25, 0.3) is 22.9 Å². The molecule has 0 saturated heterocycles. The molecule has 0 aliphatic carbocycles. The molecule has 7 heteroatoms. The zero-order valence-electron chi connectivity index (χ0n) is 18.5. The van der Waals surface area contributed by atoms with Crippen LogP contribution in [0.3, 0.4) is 0 Å². The molecule has 0 unspecified atom stereocenters.